The van der Waals surface area contributed by atoms with Gasteiger partial charge < -0.3 is 4.98 Å². The summed E-state index contributed by atoms with van der Waals surface area (Å²) < 4.78 is 40.0. The first-order valence-electron chi connectivity index (χ1n) is 5.95. The third-order valence-corrected chi connectivity index (χ3v) is 3.69. The van der Waals surface area contributed by atoms with Crippen LogP contribution in [0.15, 0.2) is 42.5 Å². The van der Waals surface area contributed by atoms with E-state index >= 15 is 0 Å². The SMILES string of the molecule is FC(F)(F)c1ccc(-n2c(=S)[nH]c3ccccc32)c(Cl)c1. The van der Waals surface area contributed by atoms with Crippen LogP contribution in [0.2, 0.25) is 5.02 Å². The summed E-state index contributed by atoms with van der Waals surface area (Å²) in [6, 6.07) is 10.5. The molecule has 1 heterocycles. The molecule has 108 valence electrons. The van der Waals surface area contributed by atoms with E-state index in [-0.39, 0.29) is 5.02 Å². The van der Waals surface area contributed by atoms with Gasteiger partial charge in [0.25, 0.3) is 0 Å². The highest BCUT2D eigenvalue weighted by Crippen LogP contribution is 2.34. The molecule has 0 saturated heterocycles. The Kier molecular flexibility index (Phi) is 3.30. The Hall–Kier alpha value is -1.79. The highest BCUT2D eigenvalue weighted by molar-refractivity contribution is 7.71. The lowest BCUT2D eigenvalue weighted by molar-refractivity contribution is -0.137. The number of halogens is 4. The highest BCUT2D eigenvalue weighted by atomic mass is 35.5. The van der Waals surface area contributed by atoms with E-state index in [2.05, 4.69) is 4.98 Å². The van der Waals surface area contributed by atoms with Gasteiger partial charge in [-0.3, -0.25) is 4.57 Å². The minimum Gasteiger partial charge on any atom is -0.330 e. The van der Waals surface area contributed by atoms with Gasteiger partial charge in [-0.15, -0.1) is 0 Å². The number of hydrogen-bond donors (Lipinski definition) is 1. The molecule has 0 unspecified atom stereocenters. The molecular weight excluding hydrogens is 321 g/mol. The van der Waals surface area contributed by atoms with E-state index in [1.165, 1.54) is 6.07 Å². The van der Waals surface area contributed by atoms with Crippen molar-refractivity contribution in [1.29, 1.82) is 0 Å². The first-order valence-corrected chi connectivity index (χ1v) is 6.73. The summed E-state index contributed by atoms with van der Waals surface area (Å²) in [5, 5.41) is -0.00863. The van der Waals surface area contributed by atoms with Gasteiger partial charge in [0.1, 0.15) is 0 Å². The molecule has 0 aliphatic rings. The summed E-state index contributed by atoms with van der Waals surface area (Å²) in [7, 11) is 0. The zero-order chi connectivity index (χ0) is 15.2. The number of alkyl halides is 3. The number of para-hydroxylation sites is 2. The maximum atomic E-state index is 12.7. The predicted octanol–water partition coefficient (Wildman–Crippen LogP) is 5.36. The molecule has 0 bridgehead atoms. The van der Waals surface area contributed by atoms with E-state index in [1.807, 2.05) is 24.3 Å². The molecule has 7 heteroatoms. The number of aromatic amines is 1. The molecule has 0 aliphatic heterocycles. The molecular formula is C14H8ClF3N2S. The normalized spacial score (nSPS) is 12.0. The molecule has 0 spiro atoms. The lowest BCUT2D eigenvalue weighted by Crippen LogP contribution is -2.05. The van der Waals surface area contributed by atoms with Crippen molar-refractivity contribution >= 4 is 34.9 Å². The summed E-state index contributed by atoms with van der Waals surface area (Å²) in [5.74, 6) is 0. The van der Waals surface area contributed by atoms with Crippen LogP contribution in [0.1, 0.15) is 5.56 Å². The number of nitrogens with zero attached hydrogens (tertiary/aromatic N) is 1. The van der Waals surface area contributed by atoms with Crippen LogP contribution in [0.25, 0.3) is 16.7 Å². The monoisotopic (exact) mass is 328 g/mol. The van der Waals surface area contributed by atoms with Gasteiger partial charge in [-0.05, 0) is 42.5 Å². The van der Waals surface area contributed by atoms with E-state index in [4.69, 9.17) is 23.8 Å². The molecule has 1 N–H and O–H groups in total. The van der Waals surface area contributed by atoms with E-state index in [1.54, 1.807) is 4.57 Å². The number of rotatable bonds is 1. The Morgan fingerprint density at radius 2 is 1.81 bits per heavy atom. The van der Waals surface area contributed by atoms with Crippen molar-refractivity contribution in [3.63, 3.8) is 0 Å². The van der Waals surface area contributed by atoms with Crippen LogP contribution in [0, 0.1) is 4.77 Å². The first-order chi connectivity index (χ1) is 9.88. The Morgan fingerprint density at radius 3 is 2.48 bits per heavy atom. The van der Waals surface area contributed by atoms with Crippen LogP contribution in [0.4, 0.5) is 13.2 Å². The number of fused-ring (bicyclic) bond motifs is 1. The minimum absolute atomic E-state index is 0.00863. The number of nitrogens with one attached hydrogen (secondary N) is 1. The fourth-order valence-electron chi connectivity index (χ4n) is 2.16. The molecule has 0 aliphatic carbocycles. The molecule has 2 nitrogen and oxygen atoms in total. The van der Waals surface area contributed by atoms with Crippen molar-refractivity contribution in [3.05, 3.63) is 57.8 Å². The van der Waals surface area contributed by atoms with Gasteiger partial charge in [0.05, 0.1) is 27.3 Å². The van der Waals surface area contributed by atoms with Crippen molar-refractivity contribution < 1.29 is 13.2 Å². The van der Waals surface area contributed by atoms with Crippen LogP contribution in [0.5, 0.6) is 0 Å². The molecule has 0 saturated carbocycles. The number of imidazole rings is 1. The average Bonchev–Trinajstić information content (AvgIpc) is 2.74. The Bertz CT molecular complexity index is 880. The van der Waals surface area contributed by atoms with Crippen LogP contribution in [-0.2, 0) is 6.18 Å². The van der Waals surface area contributed by atoms with E-state index in [0.29, 0.717) is 10.5 Å². The molecule has 21 heavy (non-hydrogen) atoms. The second-order valence-corrected chi connectivity index (χ2v) is 5.24. The molecule has 0 atom stereocenters. The number of H-pyrrole nitrogens is 1. The van der Waals surface area contributed by atoms with Crippen molar-refractivity contribution in [2.24, 2.45) is 0 Å². The van der Waals surface area contributed by atoms with Crippen molar-refractivity contribution in [2.75, 3.05) is 0 Å². The van der Waals surface area contributed by atoms with Gasteiger partial charge in [-0.2, -0.15) is 13.2 Å². The Balaban J connectivity index is 2.25. The van der Waals surface area contributed by atoms with Crippen molar-refractivity contribution in [2.45, 2.75) is 6.18 Å². The van der Waals surface area contributed by atoms with E-state index < -0.39 is 11.7 Å². The molecule has 1 aromatic heterocycles. The van der Waals surface area contributed by atoms with Crippen LogP contribution >= 0.6 is 23.8 Å². The van der Waals surface area contributed by atoms with Gasteiger partial charge in [0.2, 0.25) is 0 Å². The van der Waals surface area contributed by atoms with E-state index in [9.17, 15) is 13.2 Å². The van der Waals surface area contributed by atoms with Crippen molar-refractivity contribution in [1.82, 2.24) is 9.55 Å². The van der Waals surface area contributed by atoms with Crippen LogP contribution in [-0.4, -0.2) is 9.55 Å². The second kappa shape index (κ2) is 4.89. The topological polar surface area (TPSA) is 20.7 Å². The van der Waals surface area contributed by atoms with Crippen molar-refractivity contribution in [3.8, 4) is 5.69 Å². The van der Waals surface area contributed by atoms with Gasteiger partial charge in [0, 0.05) is 0 Å². The summed E-state index contributed by atoms with van der Waals surface area (Å²) in [4.78, 5) is 2.99. The molecule has 0 amide bonds. The Labute approximate surface area is 127 Å². The van der Waals surface area contributed by atoms with Gasteiger partial charge in [0.15, 0.2) is 4.77 Å². The smallest absolute Gasteiger partial charge is 0.330 e. The standard InChI is InChI=1S/C14H8ClF3N2S/c15-9-7-8(14(16,17)18)5-6-11(9)20-12-4-2-1-3-10(12)19-13(20)21/h1-7H,(H,19,21). The average molecular weight is 329 g/mol. The molecule has 3 rings (SSSR count). The minimum atomic E-state index is -4.43. The van der Waals surface area contributed by atoms with Crippen LogP contribution in [0.3, 0.4) is 0 Å². The maximum absolute atomic E-state index is 12.7. The van der Waals surface area contributed by atoms with Gasteiger partial charge in [-0.1, -0.05) is 23.7 Å². The quantitative estimate of drug-likeness (QED) is 0.596. The zero-order valence-corrected chi connectivity index (χ0v) is 12.0. The third-order valence-electron chi connectivity index (χ3n) is 3.11. The zero-order valence-electron chi connectivity index (χ0n) is 10.4. The maximum Gasteiger partial charge on any atom is 0.416 e. The fraction of sp³-hybridized carbons (Fsp3) is 0.0714. The molecule has 2 aromatic carbocycles. The number of hydrogen-bond acceptors (Lipinski definition) is 1. The fourth-order valence-corrected chi connectivity index (χ4v) is 2.73. The summed E-state index contributed by atoms with van der Waals surface area (Å²) in [5.41, 5.74) is 1.16. The summed E-state index contributed by atoms with van der Waals surface area (Å²) in [6.45, 7) is 0. The number of benzene rings is 2. The molecule has 0 fully saturated rings. The lowest BCUT2D eigenvalue weighted by Gasteiger charge is -2.11. The number of aromatic nitrogens is 2. The van der Waals surface area contributed by atoms with Gasteiger partial charge in [-0.25, -0.2) is 0 Å². The third kappa shape index (κ3) is 2.45. The van der Waals surface area contributed by atoms with Gasteiger partial charge >= 0.3 is 6.18 Å². The molecule has 3 aromatic rings. The lowest BCUT2D eigenvalue weighted by atomic mass is 10.2. The van der Waals surface area contributed by atoms with Crippen LogP contribution < -0.4 is 0 Å². The summed E-state index contributed by atoms with van der Waals surface area (Å²) >= 11 is 11.2. The molecule has 0 radical (unpaired) electrons. The van der Waals surface area contributed by atoms with E-state index in [0.717, 1.165) is 23.2 Å². The highest BCUT2D eigenvalue weighted by Gasteiger charge is 2.31. The predicted molar refractivity (Wildman–Crippen MR) is 78.5 cm³/mol. The summed E-state index contributed by atoms with van der Waals surface area (Å²) in [6.07, 6.45) is -4.43. The first kappa shape index (κ1) is 14.2. The largest absolute Gasteiger partial charge is 0.416 e. The Morgan fingerprint density at radius 1 is 1.10 bits per heavy atom. The second-order valence-electron chi connectivity index (χ2n) is 4.45.